The summed E-state index contributed by atoms with van der Waals surface area (Å²) in [6.07, 6.45) is 3.63. The maximum Gasteiger partial charge on any atom is 0.274 e. The van der Waals surface area contributed by atoms with Crippen molar-refractivity contribution < 1.29 is 9.53 Å². The molecular weight excluding hydrogens is 454 g/mol. The standard InChI is InChI=1S/C28H29N5O3/c1-6-29-27(34)22-12-20-21(15-32(5)28(35)25(20)31-22)19-13-23-18(14-30-33(23)7-2)11-24(19)36-26-16(3)9-8-10-17(26)4/h8-15,31H,6-7H2,1-5H3,(H,29,34). The third kappa shape index (κ3) is 3.84. The number of nitrogens with zero attached hydrogens (tertiary/aromatic N) is 3. The Balaban J connectivity index is 1.81. The van der Waals surface area contributed by atoms with Crippen LogP contribution in [-0.2, 0) is 13.6 Å². The molecule has 0 bridgehead atoms. The Kier molecular flexibility index (Phi) is 5.88. The molecule has 2 N–H and O–H groups in total. The first-order chi connectivity index (χ1) is 17.3. The van der Waals surface area contributed by atoms with Gasteiger partial charge in [0.15, 0.2) is 0 Å². The molecule has 1 amide bonds. The van der Waals surface area contributed by atoms with Crippen molar-refractivity contribution in [3.8, 4) is 22.6 Å². The molecule has 0 saturated heterocycles. The maximum absolute atomic E-state index is 13.0. The van der Waals surface area contributed by atoms with Crippen LogP contribution in [0.3, 0.4) is 0 Å². The fraction of sp³-hybridized carbons (Fsp3) is 0.250. The number of benzene rings is 2. The number of carbonyl (C=O) groups excluding carboxylic acids is 1. The van der Waals surface area contributed by atoms with Crippen molar-refractivity contribution in [1.82, 2.24) is 24.6 Å². The zero-order valence-corrected chi connectivity index (χ0v) is 21.1. The van der Waals surface area contributed by atoms with Gasteiger partial charge in [-0.15, -0.1) is 0 Å². The van der Waals surface area contributed by atoms with E-state index in [1.807, 2.05) is 68.9 Å². The Bertz CT molecular complexity index is 1670. The van der Waals surface area contributed by atoms with Crippen molar-refractivity contribution in [3.63, 3.8) is 0 Å². The first-order valence-corrected chi connectivity index (χ1v) is 12.1. The third-order valence-corrected chi connectivity index (χ3v) is 6.50. The highest BCUT2D eigenvalue weighted by Gasteiger charge is 2.20. The summed E-state index contributed by atoms with van der Waals surface area (Å²) in [4.78, 5) is 28.6. The number of rotatable bonds is 6. The molecule has 5 rings (SSSR count). The van der Waals surface area contributed by atoms with E-state index >= 15 is 0 Å². The normalized spacial score (nSPS) is 11.4. The van der Waals surface area contributed by atoms with E-state index in [0.29, 0.717) is 35.4 Å². The lowest BCUT2D eigenvalue weighted by Gasteiger charge is -2.17. The van der Waals surface area contributed by atoms with Crippen molar-refractivity contribution in [2.45, 2.75) is 34.2 Å². The molecule has 0 radical (unpaired) electrons. The van der Waals surface area contributed by atoms with Crippen molar-refractivity contribution in [1.29, 1.82) is 0 Å². The monoisotopic (exact) mass is 483 g/mol. The summed E-state index contributed by atoms with van der Waals surface area (Å²) in [5.41, 5.74) is 5.11. The summed E-state index contributed by atoms with van der Waals surface area (Å²) in [6, 6.07) is 11.8. The van der Waals surface area contributed by atoms with Gasteiger partial charge in [0.2, 0.25) is 0 Å². The van der Waals surface area contributed by atoms with Crippen LogP contribution in [0.25, 0.3) is 32.9 Å². The van der Waals surface area contributed by atoms with Crippen molar-refractivity contribution >= 4 is 27.7 Å². The predicted molar refractivity (Wildman–Crippen MR) is 142 cm³/mol. The molecule has 184 valence electrons. The average molecular weight is 484 g/mol. The molecule has 3 aromatic heterocycles. The number of amides is 1. The van der Waals surface area contributed by atoms with Crippen LogP contribution < -0.4 is 15.6 Å². The zero-order chi connectivity index (χ0) is 25.6. The molecule has 0 fully saturated rings. The van der Waals surface area contributed by atoms with Crippen molar-refractivity contribution in [3.05, 3.63) is 76.0 Å². The van der Waals surface area contributed by atoms with E-state index in [9.17, 15) is 9.59 Å². The van der Waals surface area contributed by atoms with Gasteiger partial charge in [0, 0.05) is 48.2 Å². The number of hydrogen-bond donors (Lipinski definition) is 2. The topological polar surface area (TPSA) is 93.9 Å². The minimum absolute atomic E-state index is 0.207. The zero-order valence-electron chi connectivity index (χ0n) is 21.1. The summed E-state index contributed by atoms with van der Waals surface area (Å²) >= 11 is 0. The second-order valence-electron chi connectivity index (χ2n) is 8.98. The SMILES string of the molecule is CCNC(=O)c1cc2c(-c3cc4c(cnn4CC)cc3Oc3c(C)cccc3C)cn(C)c(=O)c2[nH]1. The second kappa shape index (κ2) is 9.03. The van der Waals surface area contributed by atoms with Crippen LogP contribution in [0.15, 0.2) is 53.6 Å². The van der Waals surface area contributed by atoms with Crippen molar-refractivity contribution in [2.24, 2.45) is 7.05 Å². The molecule has 0 aliphatic rings. The van der Waals surface area contributed by atoms with Crippen LogP contribution in [0.4, 0.5) is 0 Å². The van der Waals surface area contributed by atoms with Gasteiger partial charge in [-0.3, -0.25) is 14.3 Å². The molecule has 0 unspecified atom stereocenters. The van der Waals surface area contributed by atoms with Gasteiger partial charge in [-0.2, -0.15) is 5.10 Å². The number of nitrogens with one attached hydrogen (secondary N) is 2. The number of para-hydroxylation sites is 1. The van der Waals surface area contributed by atoms with Gasteiger partial charge >= 0.3 is 0 Å². The molecule has 0 atom stereocenters. The number of hydrogen-bond acceptors (Lipinski definition) is 4. The van der Waals surface area contributed by atoms with Crippen LogP contribution in [0.2, 0.25) is 0 Å². The average Bonchev–Trinajstić information content (AvgIpc) is 3.48. The first kappa shape index (κ1) is 23.4. The summed E-state index contributed by atoms with van der Waals surface area (Å²) in [7, 11) is 1.71. The molecule has 3 heterocycles. The Morgan fingerprint density at radius 1 is 1.11 bits per heavy atom. The molecule has 5 aromatic rings. The number of pyridine rings is 1. The molecule has 2 aromatic carbocycles. The lowest BCUT2D eigenvalue weighted by atomic mass is 10.0. The van der Waals surface area contributed by atoms with Gasteiger partial charge in [0.1, 0.15) is 22.7 Å². The molecule has 0 aliphatic carbocycles. The lowest BCUT2D eigenvalue weighted by Crippen LogP contribution is -2.23. The molecule has 0 saturated carbocycles. The minimum Gasteiger partial charge on any atom is -0.456 e. The van der Waals surface area contributed by atoms with Crippen molar-refractivity contribution in [2.75, 3.05) is 6.54 Å². The summed E-state index contributed by atoms with van der Waals surface area (Å²) in [5.74, 6) is 1.18. The third-order valence-electron chi connectivity index (χ3n) is 6.50. The number of carbonyl (C=O) groups is 1. The van der Waals surface area contributed by atoms with E-state index in [4.69, 9.17) is 4.74 Å². The summed E-state index contributed by atoms with van der Waals surface area (Å²) < 4.78 is 10.0. The summed E-state index contributed by atoms with van der Waals surface area (Å²) in [6.45, 7) is 9.14. The fourth-order valence-corrected chi connectivity index (χ4v) is 4.65. The van der Waals surface area contributed by atoms with Crippen LogP contribution in [0, 0.1) is 13.8 Å². The quantitative estimate of drug-likeness (QED) is 0.353. The highest BCUT2D eigenvalue weighted by Crippen LogP contribution is 2.41. The fourth-order valence-electron chi connectivity index (χ4n) is 4.65. The van der Waals surface area contributed by atoms with Gasteiger partial charge in [0.25, 0.3) is 11.5 Å². The Labute approximate surface area is 208 Å². The number of aromatic nitrogens is 4. The number of H-pyrrole nitrogens is 1. The highest BCUT2D eigenvalue weighted by atomic mass is 16.5. The largest absolute Gasteiger partial charge is 0.456 e. The van der Waals surface area contributed by atoms with Crippen LogP contribution >= 0.6 is 0 Å². The number of fused-ring (bicyclic) bond motifs is 2. The molecule has 8 nitrogen and oxygen atoms in total. The van der Waals surface area contributed by atoms with Gasteiger partial charge in [-0.1, -0.05) is 18.2 Å². The first-order valence-electron chi connectivity index (χ1n) is 12.1. The Hall–Kier alpha value is -4.33. The van der Waals surface area contributed by atoms with E-state index in [1.165, 1.54) is 4.57 Å². The highest BCUT2D eigenvalue weighted by molar-refractivity contribution is 6.04. The van der Waals surface area contributed by atoms with Gasteiger partial charge in [-0.25, -0.2) is 0 Å². The Morgan fingerprint density at radius 2 is 1.86 bits per heavy atom. The number of aromatic amines is 1. The number of ether oxygens (including phenoxy) is 1. The predicted octanol–water partition coefficient (Wildman–Crippen LogP) is 5.06. The van der Waals surface area contributed by atoms with Crippen LogP contribution in [-0.4, -0.2) is 31.8 Å². The lowest BCUT2D eigenvalue weighted by molar-refractivity contribution is 0.0951. The molecule has 8 heteroatoms. The Morgan fingerprint density at radius 3 is 2.56 bits per heavy atom. The molecule has 36 heavy (non-hydrogen) atoms. The van der Waals surface area contributed by atoms with Gasteiger partial charge in [0.05, 0.1) is 11.7 Å². The van der Waals surface area contributed by atoms with E-state index in [-0.39, 0.29) is 11.5 Å². The smallest absolute Gasteiger partial charge is 0.274 e. The van der Waals surface area contributed by atoms with Crippen LogP contribution in [0.5, 0.6) is 11.5 Å². The van der Waals surface area contributed by atoms with Gasteiger partial charge < -0.3 is 19.6 Å². The van der Waals surface area contributed by atoms with E-state index in [2.05, 4.69) is 15.4 Å². The van der Waals surface area contributed by atoms with Gasteiger partial charge in [-0.05, 0) is 57.0 Å². The molecule has 0 spiro atoms. The van der Waals surface area contributed by atoms with E-state index in [0.717, 1.165) is 38.9 Å². The second-order valence-corrected chi connectivity index (χ2v) is 8.98. The molecule has 0 aliphatic heterocycles. The van der Waals surface area contributed by atoms with E-state index < -0.39 is 0 Å². The van der Waals surface area contributed by atoms with E-state index in [1.54, 1.807) is 19.3 Å². The van der Waals surface area contributed by atoms with Crippen LogP contribution in [0.1, 0.15) is 35.5 Å². The number of aryl methyl sites for hydroxylation is 4. The minimum atomic E-state index is -0.256. The molecular formula is C28H29N5O3. The summed E-state index contributed by atoms with van der Waals surface area (Å²) in [5, 5.41) is 8.93. The maximum atomic E-state index is 13.0.